The molecule has 24 heavy (non-hydrogen) atoms. The molecule has 3 rings (SSSR count). The first-order valence-corrected chi connectivity index (χ1v) is 8.93. The number of hydrazone groups is 1. The molecule has 1 amide bonds. The number of carbonyl (C=O) groups excluding carboxylic acids is 1. The largest absolute Gasteiger partial charge is 0.350 e. The number of hydrogen-bond donors (Lipinski definition) is 2. The molecule has 5 nitrogen and oxygen atoms in total. The van der Waals surface area contributed by atoms with Crippen molar-refractivity contribution in [1.82, 2.24) is 10.4 Å². The smallest absolute Gasteiger partial charge is 0.262 e. The van der Waals surface area contributed by atoms with Gasteiger partial charge in [0, 0.05) is 4.47 Å². The molecule has 0 aliphatic rings. The summed E-state index contributed by atoms with van der Waals surface area (Å²) in [7, 11) is 0. The van der Waals surface area contributed by atoms with Gasteiger partial charge in [-0.2, -0.15) is 5.10 Å². The quantitative estimate of drug-likeness (QED) is 0.500. The fourth-order valence-electron chi connectivity index (χ4n) is 2.00. The molecule has 0 unspecified atom stereocenters. The van der Waals surface area contributed by atoms with Crippen molar-refractivity contribution in [3.63, 3.8) is 0 Å². The van der Waals surface area contributed by atoms with Crippen LogP contribution in [0.1, 0.15) is 12.5 Å². The summed E-state index contributed by atoms with van der Waals surface area (Å²) < 4.78 is 2.08. The highest BCUT2D eigenvalue weighted by Gasteiger charge is 2.13. The molecule has 0 aliphatic carbocycles. The Morgan fingerprint density at radius 3 is 2.75 bits per heavy atom. The zero-order valence-electron chi connectivity index (χ0n) is 12.9. The van der Waals surface area contributed by atoms with Crippen molar-refractivity contribution in [2.24, 2.45) is 5.10 Å². The highest BCUT2D eigenvalue weighted by molar-refractivity contribution is 9.10. The number of fused-ring (bicyclic) bond motifs is 1. The summed E-state index contributed by atoms with van der Waals surface area (Å²) >= 11 is 4.89. The van der Waals surface area contributed by atoms with E-state index in [0.29, 0.717) is 0 Å². The van der Waals surface area contributed by atoms with Gasteiger partial charge in [0.25, 0.3) is 5.91 Å². The van der Waals surface area contributed by atoms with Gasteiger partial charge in [-0.3, -0.25) is 4.79 Å². The average molecular weight is 403 g/mol. The molecule has 1 heterocycles. The Morgan fingerprint density at radius 2 is 2.00 bits per heavy atom. The van der Waals surface area contributed by atoms with Crippen molar-refractivity contribution in [2.75, 3.05) is 5.32 Å². The lowest BCUT2D eigenvalue weighted by Crippen LogP contribution is -2.34. The van der Waals surface area contributed by atoms with E-state index >= 15 is 0 Å². The van der Waals surface area contributed by atoms with Crippen LogP contribution in [0.2, 0.25) is 0 Å². The minimum atomic E-state index is -0.437. The van der Waals surface area contributed by atoms with Crippen LogP contribution >= 0.6 is 27.3 Å². The summed E-state index contributed by atoms with van der Waals surface area (Å²) in [4.78, 5) is 16.5. The lowest BCUT2D eigenvalue weighted by atomic mass is 10.2. The average Bonchev–Trinajstić information content (AvgIpc) is 2.98. The summed E-state index contributed by atoms with van der Waals surface area (Å²) in [6.45, 7) is 1.77. The van der Waals surface area contributed by atoms with Gasteiger partial charge in [0.15, 0.2) is 5.13 Å². The molecular weight excluding hydrogens is 388 g/mol. The zero-order valence-corrected chi connectivity index (χ0v) is 15.3. The van der Waals surface area contributed by atoms with Crippen LogP contribution in [0.3, 0.4) is 0 Å². The summed E-state index contributed by atoms with van der Waals surface area (Å²) in [5.41, 5.74) is 4.36. The van der Waals surface area contributed by atoms with Gasteiger partial charge in [0.2, 0.25) is 0 Å². The molecule has 1 aromatic heterocycles. The number of thiazole rings is 1. The predicted octanol–water partition coefficient (Wildman–Crippen LogP) is 4.01. The Morgan fingerprint density at radius 1 is 1.25 bits per heavy atom. The molecule has 0 aliphatic heterocycles. The van der Waals surface area contributed by atoms with Crippen molar-refractivity contribution in [1.29, 1.82) is 0 Å². The number of aromatic nitrogens is 1. The third kappa shape index (κ3) is 4.18. The van der Waals surface area contributed by atoms with E-state index in [9.17, 15) is 4.79 Å². The standard InChI is InChI=1S/C17H15BrN4OS/c1-11(20-17-21-14-4-2-3-5-15(14)24-17)16(23)22-19-10-12-6-8-13(18)9-7-12/h2-11H,1H3,(H,20,21)(H,22,23)/b19-10-/t11-/m1/s1. The van der Waals surface area contributed by atoms with Crippen LogP contribution in [0.5, 0.6) is 0 Å². The highest BCUT2D eigenvalue weighted by Crippen LogP contribution is 2.25. The van der Waals surface area contributed by atoms with Crippen LogP contribution < -0.4 is 10.7 Å². The molecule has 3 aromatic rings. The first-order chi connectivity index (χ1) is 11.6. The minimum Gasteiger partial charge on any atom is -0.350 e. The van der Waals surface area contributed by atoms with Crippen molar-refractivity contribution in [3.05, 3.63) is 58.6 Å². The summed E-state index contributed by atoms with van der Waals surface area (Å²) in [6, 6.07) is 15.1. The van der Waals surface area contributed by atoms with E-state index in [0.717, 1.165) is 25.4 Å². The van der Waals surface area contributed by atoms with Crippen LogP contribution in [-0.4, -0.2) is 23.1 Å². The number of nitrogens with zero attached hydrogens (tertiary/aromatic N) is 2. The number of benzene rings is 2. The molecular formula is C17H15BrN4OS. The highest BCUT2D eigenvalue weighted by atomic mass is 79.9. The normalized spacial score (nSPS) is 12.4. The summed E-state index contributed by atoms with van der Waals surface area (Å²) in [6.07, 6.45) is 1.61. The number of nitrogens with one attached hydrogen (secondary N) is 2. The molecule has 0 fully saturated rings. The number of hydrogen-bond acceptors (Lipinski definition) is 5. The van der Waals surface area contributed by atoms with E-state index in [2.05, 4.69) is 36.8 Å². The maximum atomic E-state index is 12.1. The Labute approximate surface area is 151 Å². The maximum Gasteiger partial charge on any atom is 0.262 e. The predicted molar refractivity (Wildman–Crippen MR) is 103 cm³/mol. The van der Waals surface area contributed by atoms with Crippen molar-refractivity contribution < 1.29 is 4.79 Å². The first-order valence-electron chi connectivity index (χ1n) is 7.32. The van der Waals surface area contributed by atoms with E-state index in [1.807, 2.05) is 48.5 Å². The van der Waals surface area contributed by atoms with Gasteiger partial charge in [0.05, 0.1) is 16.4 Å². The van der Waals surface area contributed by atoms with Gasteiger partial charge in [-0.1, -0.05) is 51.5 Å². The summed E-state index contributed by atoms with van der Waals surface area (Å²) in [5.74, 6) is -0.220. The molecule has 0 saturated carbocycles. The van der Waals surface area contributed by atoms with Crippen LogP contribution in [-0.2, 0) is 4.79 Å². The molecule has 1 atom stereocenters. The molecule has 7 heteroatoms. The topological polar surface area (TPSA) is 66.4 Å². The summed E-state index contributed by atoms with van der Waals surface area (Å²) in [5, 5.41) is 7.80. The second kappa shape index (κ2) is 7.55. The fraction of sp³-hybridized carbons (Fsp3) is 0.118. The van der Waals surface area contributed by atoms with Crippen molar-refractivity contribution in [2.45, 2.75) is 13.0 Å². The Hall–Kier alpha value is -2.25. The Balaban J connectivity index is 1.57. The number of halogens is 1. The number of para-hydroxylation sites is 1. The van der Waals surface area contributed by atoms with E-state index in [-0.39, 0.29) is 5.91 Å². The van der Waals surface area contributed by atoms with E-state index in [4.69, 9.17) is 0 Å². The van der Waals surface area contributed by atoms with Gasteiger partial charge in [-0.05, 0) is 36.8 Å². The molecule has 122 valence electrons. The Kier molecular flexibility index (Phi) is 5.22. The third-order valence-electron chi connectivity index (χ3n) is 3.29. The van der Waals surface area contributed by atoms with Gasteiger partial charge >= 0.3 is 0 Å². The number of carbonyl (C=O) groups is 1. The van der Waals surface area contributed by atoms with E-state index in [1.54, 1.807) is 13.1 Å². The first kappa shape index (κ1) is 16.6. The zero-order chi connectivity index (χ0) is 16.9. The fourth-order valence-corrected chi connectivity index (χ4v) is 3.22. The van der Waals surface area contributed by atoms with E-state index in [1.165, 1.54) is 11.3 Å². The van der Waals surface area contributed by atoms with Gasteiger partial charge in [0.1, 0.15) is 6.04 Å². The lowest BCUT2D eigenvalue weighted by molar-refractivity contribution is -0.121. The maximum absolute atomic E-state index is 12.1. The number of amides is 1. The monoisotopic (exact) mass is 402 g/mol. The number of rotatable bonds is 5. The molecule has 0 saturated heterocycles. The number of anilines is 1. The van der Waals surface area contributed by atoms with Crippen molar-refractivity contribution >= 4 is 54.7 Å². The second-order valence-electron chi connectivity index (χ2n) is 5.14. The van der Waals surface area contributed by atoms with Crippen LogP contribution in [0, 0.1) is 0 Å². The SMILES string of the molecule is C[C@@H](Nc1nc2ccccc2s1)C(=O)N/N=C\c1ccc(Br)cc1. The van der Waals surface area contributed by atoms with Crippen LogP contribution in [0.15, 0.2) is 58.1 Å². The molecule has 0 radical (unpaired) electrons. The van der Waals surface area contributed by atoms with E-state index < -0.39 is 6.04 Å². The van der Waals surface area contributed by atoms with Gasteiger partial charge in [-0.25, -0.2) is 10.4 Å². The molecule has 2 N–H and O–H groups in total. The lowest BCUT2D eigenvalue weighted by Gasteiger charge is -2.10. The molecule has 0 spiro atoms. The van der Waals surface area contributed by atoms with Crippen molar-refractivity contribution in [3.8, 4) is 0 Å². The third-order valence-corrected chi connectivity index (χ3v) is 4.78. The van der Waals surface area contributed by atoms with Crippen LogP contribution in [0.4, 0.5) is 5.13 Å². The minimum absolute atomic E-state index is 0.220. The Bertz CT molecular complexity index is 843. The molecule has 2 aromatic carbocycles. The van der Waals surface area contributed by atoms with Gasteiger partial charge in [-0.15, -0.1) is 0 Å². The molecule has 0 bridgehead atoms. The van der Waals surface area contributed by atoms with Gasteiger partial charge < -0.3 is 5.32 Å². The second-order valence-corrected chi connectivity index (χ2v) is 7.08. The van der Waals surface area contributed by atoms with Crippen LogP contribution in [0.25, 0.3) is 10.2 Å².